The van der Waals surface area contributed by atoms with Crippen LogP contribution in [-0.4, -0.2) is 18.0 Å². The van der Waals surface area contributed by atoms with E-state index in [0.717, 1.165) is 28.3 Å². The van der Waals surface area contributed by atoms with Crippen molar-refractivity contribution in [3.63, 3.8) is 0 Å². The third-order valence-electron chi connectivity index (χ3n) is 4.14. The Morgan fingerprint density at radius 3 is 2.62 bits per heavy atom. The molecule has 1 N–H and O–H groups in total. The van der Waals surface area contributed by atoms with Gasteiger partial charge in [0, 0.05) is 12.0 Å². The van der Waals surface area contributed by atoms with Gasteiger partial charge in [0.15, 0.2) is 0 Å². The number of ether oxygens (including phenoxy) is 1. The molecule has 0 fully saturated rings. The van der Waals surface area contributed by atoms with Crippen molar-refractivity contribution >= 4 is 5.91 Å². The summed E-state index contributed by atoms with van der Waals surface area (Å²) in [5, 5.41) is 2.86. The van der Waals surface area contributed by atoms with E-state index in [1.54, 1.807) is 7.11 Å². The summed E-state index contributed by atoms with van der Waals surface area (Å²) < 4.78 is 11.0. The maximum absolute atomic E-state index is 12.1. The minimum Gasteiger partial charge on any atom is -0.496 e. The van der Waals surface area contributed by atoms with Crippen LogP contribution in [-0.2, 0) is 17.8 Å². The standard InChI is InChI=1S/C21H22N2O3/c1-15-21(17-9-4-3-5-10-17)23-20(26-15)14-22-19(24)13-12-16-8-6-7-11-18(16)25-2/h3-11H,12-14H2,1-2H3,(H,22,24). The van der Waals surface area contributed by atoms with Crippen molar-refractivity contribution in [2.45, 2.75) is 26.3 Å². The van der Waals surface area contributed by atoms with E-state index >= 15 is 0 Å². The van der Waals surface area contributed by atoms with Gasteiger partial charge in [0.05, 0.1) is 13.7 Å². The fourth-order valence-corrected chi connectivity index (χ4v) is 2.81. The fraction of sp³-hybridized carbons (Fsp3) is 0.238. The van der Waals surface area contributed by atoms with Gasteiger partial charge in [0.25, 0.3) is 0 Å². The number of benzene rings is 2. The first-order valence-corrected chi connectivity index (χ1v) is 8.57. The van der Waals surface area contributed by atoms with Gasteiger partial charge < -0.3 is 14.5 Å². The van der Waals surface area contributed by atoms with E-state index < -0.39 is 0 Å². The van der Waals surface area contributed by atoms with Crippen LogP contribution in [0.5, 0.6) is 5.75 Å². The third kappa shape index (κ3) is 4.30. The maximum Gasteiger partial charge on any atom is 0.220 e. The number of carbonyl (C=O) groups is 1. The van der Waals surface area contributed by atoms with Crippen molar-refractivity contribution in [3.05, 3.63) is 71.8 Å². The zero-order chi connectivity index (χ0) is 18.4. The first-order chi connectivity index (χ1) is 12.7. The molecule has 1 amide bonds. The topological polar surface area (TPSA) is 64.4 Å². The molecule has 0 saturated carbocycles. The summed E-state index contributed by atoms with van der Waals surface area (Å²) in [5.41, 5.74) is 2.83. The summed E-state index contributed by atoms with van der Waals surface area (Å²) >= 11 is 0. The Morgan fingerprint density at radius 1 is 1.12 bits per heavy atom. The van der Waals surface area contributed by atoms with Crippen LogP contribution in [0.1, 0.15) is 23.6 Å². The van der Waals surface area contributed by atoms with Crippen molar-refractivity contribution in [3.8, 4) is 17.0 Å². The third-order valence-corrected chi connectivity index (χ3v) is 4.14. The van der Waals surface area contributed by atoms with E-state index in [0.29, 0.717) is 18.7 Å². The predicted molar refractivity (Wildman–Crippen MR) is 99.8 cm³/mol. The summed E-state index contributed by atoms with van der Waals surface area (Å²) in [6.07, 6.45) is 1.00. The lowest BCUT2D eigenvalue weighted by atomic mass is 10.1. The average Bonchev–Trinajstić information content (AvgIpc) is 3.06. The molecule has 0 saturated heterocycles. The molecule has 2 aromatic carbocycles. The number of nitrogens with zero attached hydrogens (tertiary/aromatic N) is 1. The van der Waals surface area contributed by atoms with Crippen molar-refractivity contribution in [1.29, 1.82) is 0 Å². The Labute approximate surface area is 153 Å². The molecular formula is C21H22N2O3. The van der Waals surface area contributed by atoms with Crippen molar-refractivity contribution < 1.29 is 13.9 Å². The molecule has 1 heterocycles. The Morgan fingerprint density at radius 2 is 1.85 bits per heavy atom. The molecule has 26 heavy (non-hydrogen) atoms. The molecular weight excluding hydrogens is 328 g/mol. The van der Waals surface area contributed by atoms with Crippen LogP contribution in [0.25, 0.3) is 11.3 Å². The number of aryl methyl sites for hydroxylation is 2. The second-order valence-corrected chi connectivity index (χ2v) is 5.97. The highest BCUT2D eigenvalue weighted by Crippen LogP contribution is 2.23. The first-order valence-electron chi connectivity index (χ1n) is 8.57. The summed E-state index contributed by atoms with van der Waals surface area (Å²) in [5.74, 6) is 2.01. The van der Waals surface area contributed by atoms with Crippen molar-refractivity contribution in [2.75, 3.05) is 7.11 Å². The zero-order valence-corrected chi connectivity index (χ0v) is 15.0. The van der Waals surface area contributed by atoms with E-state index in [9.17, 15) is 4.79 Å². The van der Waals surface area contributed by atoms with Crippen LogP contribution >= 0.6 is 0 Å². The van der Waals surface area contributed by atoms with E-state index in [1.807, 2.05) is 61.5 Å². The van der Waals surface area contributed by atoms with E-state index in [1.165, 1.54) is 0 Å². The number of nitrogens with one attached hydrogen (secondary N) is 1. The van der Waals surface area contributed by atoms with Gasteiger partial charge in [0.2, 0.25) is 11.8 Å². The highest BCUT2D eigenvalue weighted by molar-refractivity contribution is 5.76. The van der Waals surface area contributed by atoms with Gasteiger partial charge in [-0.2, -0.15) is 0 Å². The smallest absolute Gasteiger partial charge is 0.220 e. The van der Waals surface area contributed by atoms with Crippen molar-refractivity contribution in [2.24, 2.45) is 0 Å². The molecule has 0 aliphatic rings. The van der Waals surface area contributed by atoms with Gasteiger partial charge in [-0.1, -0.05) is 48.5 Å². The SMILES string of the molecule is COc1ccccc1CCC(=O)NCc1nc(-c2ccccc2)c(C)o1. The number of rotatable bonds is 7. The zero-order valence-electron chi connectivity index (χ0n) is 15.0. The summed E-state index contributed by atoms with van der Waals surface area (Å²) in [7, 11) is 1.63. The Balaban J connectivity index is 1.55. The fourth-order valence-electron chi connectivity index (χ4n) is 2.81. The molecule has 0 unspecified atom stereocenters. The molecule has 3 aromatic rings. The molecule has 0 bridgehead atoms. The lowest BCUT2D eigenvalue weighted by Crippen LogP contribution is -2.23. The monoisotopic (exact) mass is 350 g/mol. The van der Waals surface area contributed by atoms with E-state index in [2.05, 4.69) is 10.3 Å². The largest absolute Gasteiger partial charge is 0.496 e. The highest BCUT2D eigenvalue weighted by atomic mass is 16.5. The number of aromatic nitrogens is 1. The van der Waals surface area contributed by atoms with Gasteiger partial charge in [-0.05, 0) is 25.0 Å². The number of amides is 1. The Bertz CT molecular complexity index is 872. The summed E-state index contributed by atoms with van der Waals surface area (Å²) in [6, 6.07) is 17.6. The molecule has 0 atom stereocenters. The van der Waals surface area contributed by atoms with Gasteiger partial charge in [-0.25, -0.2) is 4.98 Å². The quantitative estimate of drug-likeness (QED) is 0.702. The number of carbonyl (C=O) groups excluding carboxylic acids is 1. The second kappa shape index (κ2) is 8.34. The van der Waals surface area contributed by atoms with Gasteiger partial charge in [-0.3, -0.25) is 4.79 Å². The van der Waals surface area contributed by atoms with Crippen LogP contribution in [0.2, 0.25) is 0 Å². The normalized spacial score (nSPS) is 10.5. The molecule has 0 aliphatic heterocycles. The van der Waals surface area contributed by atoms with Gasteiger partial charge in [-0.15, -0.1) is 0 Å². The Hall–Kier alpha value is -3.08. The van der Waals surface area contributed by atoms with Gasteiger partial charge in [0.1, 0.15) is 17.2 Å². The van der Waals surface area contributed by atoms with Crippen LogP contribution in [0.15, 0.2) is 59.0 Å². The number of oxazole rings is 1. The minimum absolute atomic E-state index is 0.0481. The average molecular weight is 350 g/mol. The summed E-state index contributed by atoms with van der Waals surface area (Å²) in [6.45, 7) is 2.15. The lowest BCUT2D eigenvalue weighted by molar-refractivity contribution is -0.121. The number of para-hydroxylation sites is 1. The number of hydrogen-bond acceptors (Lipinski definition) is 4. The Kier molecular flexibility index (Phi) is 5.69. The molecule has 5 heteroatoms. The molecule has 134 valence electrons. The molecule has 0 aliphatic carbocycles. The highest BCUT2D eigenvalue weighted by Gasteiger charge is 2.12. The van der Waals surface area contributed by atoms with Crippen molar-refractivity contribution in [1.82, 2.24) is 10.3 Å². The first kappa shape index (κ1) is 17.7. The van der Waals surface area contributed by atoms with Crippen LogP contribution in [0.4, 0.5) is 0 Å². The number of hydrogen-bond donors (Lipinski definition) is 1. The summed E-state index contributed by atoms with van der Waals surface area (Å²) in [4.78, 5) is 16.6. The lowest BCUT2D eigenvalue weighted by Gasteiger charge is -2.07. The number of methoxy groups -OCH3 is 1. The van der Waals surface area contributed by atoms with E-state index in [-0.39, 0.29) is 12.5 Å². The molecule has 0 radical (unpaired) electrons. The van der Waals surface area contributed by atoms with Crippen LogP contribution in [0, 0.1) is 6.92 Å². The molecule has 3 rings (SSSR count). The minimum atomic E-state index is -0.0481. The maximum atomic E-state index is 12.1. The van der Waals surface area contributed by atoms with Crippen LogP contribution in [0.3, 0.4) is 0 Å². The van der Waals surface area contributed by atoms with E-state index in [4.69, 9.17) is 9.15 Å². The molecule has 0 spiro atoms. The van der Waals surface area contributed by atoms with Gasteiger partial charge >= 0.3 is 0 Å². The predicted octanol–water partition coefficient (Wildman–Crippen LogP) is 3.91. The molecule has 1 aromatic heterocycles. The van der Waals surface area contributed by atoms with Crippen LogP contribution < -0.4 is 10.1 Å². The molecule has 5 nitrogen and oxygen atoms in total. The second-order valence-electron chi connectivity index (χ2n) is 5.97.